The first kappa shape index (κ1) is 20.2. The number of nitrogens with one attached hydrogen (secondary N) is 1. The van der Waals surface area contributed by atoms with Crippen molar-refractivity contribution in [3.8, 4) is 5.69 Å². The van der Waals surface area contributed by atoms with Crippen LogP contribution in [0.3, 0.4) is 0 Å². The molecule has 0 aliphatic carbocycles. The molecule has 30 heavy (non-hydrogen) atoms. The molecule has 2 aromatic carbocycles. The minimum Gasteiger partial charge on any atom is -0.338 e. The number of nitrogens with zero attached hydrogens (tertiary/aromatic N) is 4. The van der Waals surface area contributed by atoms with Crippen molar-refractivity contribution in [2.24, 2.45) is 0 Å². The first-order valence-corrected chi connectivity index (χ1v) is 10.5. The van der Waals surface area contributed by atoms with Gasteiger partial charge in [-0.05, 0) is 36.8 Å². The van der Waals surface area contributed by atoms with Gasteiger partial charge in [-0.3, -0.25) is 14.7 Å². The lowest BCUT2D eigenvalue weighted by atomic mass is 10.1. The van der Waals surface area contributed by atoms with E-state index in [9.17, 15) is 4.79 Å². The number of rotatable bonds is 7. The number of thioether (sulfide) groups is 1. The van der Waals surface area contributed by atoms with Gasteiger partial charge in [0.1, 0.15) is 5.82 Å². The van der Waals surface area contributed by atoms with Gasteiger partial charge in [0.15, 0.2) is 5.16 Å². The van der Waals surface area contributed by atoms with E-state index in [1.165, 1.54) is 11.8 Å². The first-order valence-electron chi connectivity index (χ1n) is 9.18. The summed E-state index contributed by atoms with van der Waals surface area (Å²) in [6.07, 6.45) is 0.612. The van der Waals surface area contributed by atoms with Crippen LogP contribution in [0.25, 0.3) is 5.69 Å². The second-order valence-electron chi connectivity index (χ2n) is 6.54. The van der Waals surface area contributed by atoms with E-state index in [0.29, 0.717) is 28.2 Å². The lowest BCUT2D eigenvalue weighted by Gasteiger charge is -2.10. The van der Waals surface area contributed by atoms with Gasteiger partial charge in [0.2, 0.25) is 11.8 Å². The highest BCUT2D eigenvalue weighted by atomic mass is 35.5. The number of anilines is 1. The van der Waals surface area contributed by atoms with Gasteiger partial charge in [-0.2, -0.15) is 0 Å². The zero-order valence-corrected chi connectivity index (χ0v) is 17.7. The maximum atomic E-state index is 12.3. The Morgan fingerprint density at radius 2 is 1.90 bits per heavy atom. The summed E-state index contributed by atoms with van der Waals surface area (Å²) in [5.41, 5.74) is 2.70. The quantitative estimate of drug-likeness (QED) is 0.425. The number of hydrogen-bond acceptors (Lipinski definition) is 6. The van der Waals surface area contributed by atoms with Crippen molar-refractivity contribution >= 4 is 35.2 Å². The number of aromatic nitrogens is 4. The Morgan fingerprint density at radius 1 is 1.13 bits per heavy atom. The number of benzene rings is 2. The molecular formula is C21H18ClN5O2S. The predicted molar refractivity (Wildman–Crippen MR) is 116 cm³/mol. The van der Waals surface area contributed by atoms with E-state index in [1.54, 1.807) is 13.0 Å². The van der Waals surface area contributed by atoms with Gasteiger partial charge in [0.05, 0.1) is 11.4 Å². The minimum absolute atomic E-state index is 0.150. The summed E-state index contributed by atoms with van der Waals surface area (Å²) in [5, 5.41) is 16.4. The van der Waals surface area contributed by atoms with Gasteiger partial charge in [0.25, 0.3) is 0 Å². The average Bonchev–Trinajstić information content (AvgIpc) is 3.33. The van der Waals surface area contributed by atoms with Crippen molar-refractivity contribution in [1.29, 1.82) is 0 Å². The van der Waals surface area contributed by atoms with Gasteiger partial charge < -0.3 is 4.52 Å². The molecular weight excluding hydrogens is 422 g/mol. The Morgan fingerprint density at radius 3 is 2.60 bits per heavy atom. The molecule has 0 saturated heterocycles. The highest BCUT2D eigenvalue weighted by Gasteiger charge is 2.17. The number of hydrogen-bond donors (Lipinski definition) is 1. The maximum absolute atomic E-state index is 12.3. The van der Waals surface area contributed by atoms with Crippen LogP contribution in [0.4, 0.5) is 5.88 Å². The summed E-state index contributed by atoms with van der Waals surface area (Å²) in [5.74, 6) is 1.03. The molecule has 0 spiro atoms. The van der Waals surface area contributed by atoms with Crippen LogP contribution in [0.15, 0.2) is 70.3 Å². The molecule has 0 saturated carbocycles. The first-order chi connectivity index (χ1) is 14.6. The van der Waals surface area contributed by atoms with Crippen molar-refractivity contribution in [3.05, 3.63) is 82.8 Å². The maximum Gasteiger partial charge on any atom is 0.237 e. The van der Waals surface area contributed by atoms with Crippen LogP contribution in [0.5, 0.6) is 0 Å². The van der Waals surface area contributed by atoms with E-state index in [2.05, 4.69) is 20.7 Å². The van der Waals surface area contributed by atoms with Crippen molar-refractivity contribution in [2.45, 2.75) is 18.5 Å². The standard InChI is InChI=1S/C21H18ClN5O2S/c1-14-11-20(29-26-14)23-19(28)13-30-21-25-24-18(12-15-5-3-2-4-6-15)27(21)17-9-7-16(22)8-10-17/h2-11H,12-13H2,1H3,(H,23,28). The highest BCUT2D eigenvalue weighted by Crippen LogP contribution is 2.25. The molecule has 1 N–H and O–H groups in total. The third kappa shape index (κ3) is 4.90. The molecule has 0 aliphatic heterocycles. The van der Waals surface area contributed by atoms with Gasteiger partial charge in [-0.1, -0.05) is 58.9 Å². The van der Waals surface area contributed by atoms with E-state index in [1.807, 2.05) is 59.2 Å². The van der Waals surface area contributed by atoms with Crippen LogP contribution >= 0.6 is 23.4 Å². The Bertz CT molecular complexity index is 1140. The van der Waals surface area contributed by atoms with Crippen LogP contribution in [0, 0.1) is 6.92 Å². The third-order valence-electron chi connectivity index (χ3n) is 4.21. The summed E-state index contributed by atoms with van der Waals surface area (Å²) >= 11 is 7.35. The zero-order chi connectivity index (χ0) is 20.9. The fourth-order valence-electron chi connectivity index (χ4n) is 2.86. The largest absolute Gasteiger partial charge is 0.338 e. The molecule has 0 unspecified atom stereocenters. The molecule has 2 heterocycles. The summed E-state index contributed by atoms with van der Waals surface area (Å²) in [4.78, 5) is 12.3. The van der Waals surface area contributed by atoms with Crippen molar-refractivity contribution in [3.63, 3.8) is 0 Å². The van der Waals surface area contributed by atoms with Crippen LogP contribution < -0.4 is 5.32 Å². The topological polar surface area (TPSA) is 85.8 Å². The molecule has 0 aliphatic rings. The minimum atomic E-state index is -0.216. The Labute approximate surface area is 182 Å². The lowest BCUT2D eigenvalue weighted by Crippen LogP contribution is -2.14. The average molecular weight is 440 g/mol. The summed E-state index contributed by atoms with van der Waals surface area (Å²) in [6.45, 7) is 1.79. The number of carbonyl (C=O) groups excluding carboxylic acids is 1. The van der Waals surface area contributed by atoms with E-state index in [4.69, 9.17) is 16.1 Å². The number of carbonyl (C=O) groups is 1. The molecule has 9 heteroatoms. The van der Waals surface area contributed by atoms with Crippen molar-refractivity contribution < 1.29 is 9.32 Å². The second-order valence-corrected chi connectivity index (χ2v) is 7.92. The van der Waals surface area contributed by atoms with E-state index in [-0.39, 0.29) is 11.7 Å². The number of amides is 1. The monoisotopic (exact) mass is 439 g/mol. The molecule has 4 rings (SSSR count). The SMILES string of the molecule is Cc1cc(NC(=O)CSc2nnc(Cc3ccccc3)n2-c2ccc(Cl)cc2)on1. The Kier molecular flexibility index (Phi) is 6.15. The van der Waals surface area contributed by atoms with E-state index < -0.39 is 0 Å². The molecule has 1 amide bonds. The summed E-state index contributed by atoms with van der Waals surface area (Å²) < 4.78 is 6.97. The normalized spacial score (nSPS) is 10.9. The Hall–Kier alpha value is -3.10. The molecule has 152 valence electrons. The highest BCUT2D eigenvalue weighted by molar-refractivity contribution is 7.99. The van der Waals surface area contributed by atoms with Crippen molar-refractivity contribution in [2.75, 3.05) is 11.1 Å². The smallest absolute Gasteiger partial charge is 0.237 e. The van der Waals surface area contributed by atoms with Gasteiger partial charge in [-0.15, -0.1) is 10.2 Å². The number of aryl methyl sites for hydroxylation is 1. The molecule has 0 atom stereocenters. The molecule has 0 fully saturated rings. The molecule has 7 nitrogen and oxygen atoms in total. The van der Waals surface area contributed by atoms with Crippen LogP contribution in [0.2, 0.25) is 5.02 Å². The second kappa shape index (κ2) is 9.15. The lowest BCUT2D eigenvalue weighted by molar-refractivity contribution is -0.113. The van der Waals surface area contributed by atoms with Gasteiger partial charge in [0, 0.05) is 23.2 Å². The van der Waals surface area contributed by atoms with E-state index in [0.717, 1.165) is 17.1 Å². The molecule has 2 aromatic heterocycles. The fraction of sp³-hybridized carbons (Fsp3) is 0.143. The zero-order valence-electron chi connectivity index (χ0n) is 16.1. The van der Waals surface area contributed by atoms with Crippen LogP contribution in [0.1, 0.15) is 17.1 Å². The van der Waals surface area contributed by atoms with Crippen LogP contribution in [-0.4, -0.2) is 31.6 Å². The third-order valence-corrected chi connectivity index (χ3v) is 5.39. The van der Waals surface area contributed by atoms with E-state index >= 15 is 0 Å². The van der Waals surface area contributed by atoms with Gasteiger partial charge in [-0.25, -0.2) is 0 Å². The Balaban J connectivity index is 1.55. The predicted octanol–water partition coefficient (Wildman–Crippen LogP) is 4.54. The molecule has 0 bridgehead atoms. The summed E-state index contributed by atoms with van der Waals surface area (Å²) in [7, 11) is 0. The molecule has 0 radical (unpaired) electrons. The number of halogens is 1. The molecule has 4 aromatic rings. The van der Waals surface area contributed by atoms with Crippen LogP contribution in [-0.2, 0) is 11.2 Å². The fourth-order valence-corrected chi connectivity index (χ4v) is 3.76. The van der Waals surface area contributed by atoms with Gasteiger partial charge >= 0.3 is 0 Å². The van der Waals surface area contributed by atoms with Crippen molar-refractivity contribution in [1.82, 2.24) is 19.9 Å². The summed E-state index contributed by atoms with van der Waals surface area (Å²) in [6, 6.07) is 19.1.